The Morgan fingerprint density at radius 2 is 1.90 bits per heavy atom. The predicted molar refractivity (Wildman–Crippen MR) is 86.9 cm³/mol. The molecule has 0 heterocycles. The fourth-order valence-corrected chi connectivity index (χ4v) is 3.02. The quantitative estimate of drug-likeness (QED) is 0.723. The average Bonchev–Trinajstić information content (AvgIpc) is 2.67. The number of anilines is 1. The van der Waals surface area contributed by atoms with Crippen LogP contribution < -0.4 is 10.1 Å². The minimum absolute atomic E-state index is 0.150. The van der Waals surface area contributed by atoms with E-state index >= 15 is 0 Å². The molecule has 1 fully saturated rings. The van der Waals surface area contributed by atoms with Gasteiger partial charge in [-0.1, -0.05) is 37.3 Å². The third-order valence-corrected chi connectivity index (χ3v) is 4.16. The Hall–Kier alpha value is -0.890. The molecular formula is C17H26ClNO. The lowest BCUT2D eigenvalue weighted by Gasteiger charge is -2.17. The van der Waals surface area contributed by atoms with E-state index in [1.165, 1.54) is 38.5 Å². The van der Waals surface area contributed by atoms with E-state index in [-0.39, 0.29) is 6.10 Å². The zero-order valence-electron chi connectivity index (χ0n) is 12.6. The molecule has 1 aliphatic carbocycles. The van der Waals surface area contributed by atoms with Crippen LogP contribution in [0, 0.1) is 5.92 Å². The number of hydrogen-bond donors (Lipinski definition) is 1. The first-order valence-corrected chi connectivity index (χ1v) is 8.23. The molecule has 0 unspecified atom stereocenters. The lowest BCUT2D eigenvalue weighted by molar-refractivity contribution is 0.242. The first-order valence-electron chi connectivity index (χ1n) is 7.85. The number of ether oxygens (including phenoxy) is 1. The van der Waals surface area contributed by atoms with Gasteiger partial charge in [-0.05, 0) is 50.8 Å². The lowest BCUT2D eigenvalue weighted by Crippen LogP contribution is -2.13. The van der Waals surface area contributed by atoms with Crippen molar-refractivity contribution in [1.29, 1.82) is 0 Å². The summed E-state index contributed by atoms with van der Waals surface area (Å²) in [4.78, 5) is 0. The van der Waals surface area contributed by atoms with E-state index in [1.54, 1.807) is 0 Å². The Morgan fingerprint density at radius 3 is 2.50 bits per heavy atom. The van der Waals surface area contributed by atoms with Gasteiger partial charge >= 0.3 is 0 Å². The summed E-state index contributed by atoms with van der Waals surface area (Å²) >= 11 is 6.26. The van der Waals surface area contributed by atoms with Gasteiger partial charge in [-0.15, -0.1) is 0 Å². The number of nitrogens with one attached hydrogen (secondary N) is 1. The first kappa shape index (κ1) is 15.5. The van der Waals surface area contributed by atoms with E-state index in [9.17, 15) is 0 Å². The van der Waals surface area contributed by atoms with Gasteiger partial charge < -0.3 is 10.1 Å². The van der Waals surface area contributed by atoms with E-state index in [0.717, 1.165) is 23.9 Å². The Labute approximate surface area is 127 Å². The average molecular weight is 296 g/mol. The van der Waals surface area contributed by atoms with Gasteiger partial charge in [-0.25, -0.2) is 0 Å². The molecule has 1 aromatic rings. The van der Waals surface area contributed by atoms with E-state index in [4.69, 9.17) is 16.3 Å². The highest BCUT2D eigenvalue weighted by atomic mass is 35.5. The molecule has 0 aromatic heterocycles. The number of benzene rings is 1. The van der Waals surface area contributed by atoms with Gasteiger partial charge in [0.1, 0.15) is 5.75 Å². The molecule has 1 aromatic carbocycles. The normalized spacial score (nSPS) is 17.0. The molecule has 1 saturated carbocycles. The lowest BCUT2D eigenvalue weighted by atomic mass is 10.0. The highest BCUT2D eigenvalue weighted by Gasteiger charge is 2.12. The standard InChI is InChI=1S/C17H26ClNO/c1-13(2)20-17-10-9-15(11-16(17)18)19-12-14-7-5-3-4-6-8-14/h9-11,13-14,19H,3-8,12H2,1-2H3. The Balaban J connectivity index is 1.87. The maximum Gasteiger partial charge on any atom is 0.138 e. The van der Waals surface area contributed by atoms with Crippen molar-refractivity contribution in [2.45, 2.75) is 58.5 Å². The zero-order chi connectivity index (χ0) is 14.4. The molecule has 0 radical (unpaired) electrons. The molecule has 2 nitrogen and oxygen atoms in total. The van der Waals surface area contributed by atoms with Crippen LogP contribution in [0.25, 0.3) is 0 Å². The summed E-state index contributed by atoms with van der Waals surface area (Å²) in [6.45, 7) is 5.07. The fraction of sp³-hybridized carbons (Fsp3) is 0.647. The molecule has 1 aliphatic rings. The van der Waals surface area contributed by atoms with Gasteiger partial charge in [-0.2, -0.15) is 0 Å². The Kier molecular flexibility index (Phi) is 6.03. The summed E-state index contributed by atoms with van der Waals surface area (Å²) in [5.41, 5.74) is 1.09. The van der Waals surface area contributed by atoms with Crippen molar-refractivity contribution in [1.82, 2.24) is 0 Å². The topological polar surface area (TPSA) is 21.3 Å². The predicted octanol–water partition coefficient (Wildman–Crippen LogP) is 5.51. The molecule has 0 amide bonds. The molecule has 3 heteroatoms. The van der Waals surface area contributed by atoms with Crippen LogP contribution >= 0.6 is 11.6 Å². The van der Waals surface area contributed by atoms with Gasteiger partial charge in [-0.3, -0.25) is 0 Å². The van der Waals surface area contributed by atoms with Crippen LogP contribution in [-0.4, -0.2) is 12.6 Å². The molecule has 0 saturated heterocycles. The summed E-state index contributed by atoms with van der Waals surface area (Å²) in [6, 6.07) is 5.98. The van der Waals surface area contributed by atoms with Gasteiger partial charge in [0.2, 0.25) is 0 Å². The van der Waals surface area contributed by atoms with Crippen LogP contribution in [0.1, 0.15) is 52.4 Å². The van der Waals surface area contributed by atoms with Crippen LogP contribution in [0.3, 0.4) is 0 Å². The summed E-state index contributed by atoms with van der Waals surface area (Å²) in [5, 5.41) is 4.21. The number of hydrogen-bond acceptors (Lipinski definition) is 2. The molecule has 0 bridgehead atoms. The van der Waals surface area contributed by atoms with Crippen LogP contribution in [0.4, 0.5) is 5.69 Å². The smallest absolute Gasteiger partial charge is 0.138 e. The Morgan fingerprint density at radius 1 is 1.20 bits per heavy atom. The maximum atomic E-state index is 6.26. The van der Waals surface area contributed by atoms with Gasteiger partial charge in [0.25, 0.3) is 0 Å². The van der Waals surface area contributed by atoms with Crippen LogP contribution in [0.5, 0.6) is 5.75 Å². The van der Waals surface area contributed by atoms with Crippen molar-refractivity contribution in [2.75, 3.05) is 11.9 Å². The highest BCUT2D eigenvalue weighted by molar-refractivity contribution is 6.32. The first-order chi connectivity index (χ1) is 9.65. The molecule has 1 N–H and O–H groups in total. The van der Waals surface area contributed by atoms with Crippen LogP contribution in [0.15, 0.2) is 18.2 Å². The van der Waals surface area contributed by atoms with E-state index < -0.39 is 0 Å². The van der Waals surface area contributed by atoms with Gasteiger partial charge in [0.05, 0.1) is 11.1 Å². The third-order valence-electron chi connectivity index (χ3n) is 3.86. The van der Waals surface area contributed by atoms with Crippen molar-refractivity contribution in [3.8, 4) is 5.75 Å². The Bertz CT molecular complexity index is 411. The molecule has 0 spiro atoms. The second kappa shape index (κ2) is 7.78. The highest BCUT2D eigenvalue weighted by Crippen LogP contribution is 2.29. The monoisotopic (exact) mass is 295 g/mol. The van der Waals surface area contributed by atoms with E-state index in [2.05, 4.69) is 11.4 Å². The number of rotatable bonds is 5. The minimum Gasteiger partial charge on any atom is -0.489 e. The minimum atomic E-state index is 0.150. The molecule has 0 aliphatic heterocycles. The van der Waals surface area contributed by atoms with Gasteiger partial charge in [0.15, 0.2) is 0 Å². The summed E-state index contributed by atoms with van der Waals surface area (Å²) in [5.74, 6) is 1.57. The molecule has 2 rings (SSSR count). The second-order valence-electron chi connectivity index (χ2n) is 6.05. The molecule has 0 atom stereocenters. The third kappa shape index (κ3) is 4.90. The number of halogens is 1. The summed E-state index contributed by atoms with van der Waals surface area (Å²) < 4.78 is 5.65. The molecule has 112 valence electrons. The SMILES string of the molecule is CC(C)Oc1ccc(NCC2CCCCCC2)cc1Cl. The maximum absolute atomic E-state index is 6.26. The fourth-order valence-electron chi connectivity index (χ4n) is 2.79. The zero-order valence-corrected chi connectivity index (χ0v) is 13.4. The van der Waals surface area contributed by atoms with Crippen molar-refractivity contribution in [3.05, 3.63) is 23.2 Å². The van der Waals surface area contributed by atoms with Crippen molar-refractivity contribution >= 4 is 17.3 Å². The van der Waals surface area contributed by atoms with Crippen molar-refractivity contribution < 1.29 is 4.74 Å². The van der Waals surface area contributed by atoms with E-state index in [0.29, 0.717) is 5.02 Å². The molecular weight excluding hydrogens is 270 g/mol. The van der Waals surface area contributed by atoms with Gasteiger partial charge in [0, 0.05) is 12.2 Å². The van der Waals surface area contributed by atoms with Crippen molar-refractivity contribution in [2.24, 2.45) is 5.92 Å². The molecule has 20 heavy (non-hydrogen) atoms. The largest absolute Gasteiger partial charge is 0.489 e. The summed E-state index contributed by atoms with van der Waals surface area (Å²) in [6.07, 6.45) is 8.44. The van der Waals surface area contributed by atoms with Crippen molar-refractivity contribution in [3.63, 3.8) is 0 Å². The van der Waals surface area contributed by atoms with Crippen LogP contribution in [-0.2, 0) is 0 Å². The van der Waals surface area contributed by atoms with Crippen LogP contribution in [0.2, 0.25) is 5.02 Å². The second-order valence-corrected chi connectivity index (χ2v) is 6.46. The summed E-state index contributed by atoms with van der Waals surface area (Å²) in [7, 11) is 0. The van der Waals surface area contributed by atoms with E-state index in [1.807, 2.05) is 26.0 Å².